The summed E-state index contributed by atoms with van der Waals surface area (Å²) in [6, 6.07) is 7.64. The molecule has 0 bridgehead atoms. The molecule has 2 rings (SSSR count). The minimum absolute atomic E-state index is 0.0840. The zero-order valence-electron chi connectivity index (χ0n) is 13.1. The summed E-state index contributed by atoms with van der Waals surface area (Å²) in [5, 5.41) is 12.3. The van der Waals surface area contributed by atoms with Gasteiger partial charge in [0.05, 0.1) is 12.5 Å². The lowest BCUT2D eigenvalue weighted by Crippen LogP contribution is -2.57. The van der Waals surface area contributed by atoms with Gasteiger partial charge in [-0.25, -0.2) is 4.79 Å². The highest BCUT2D eigenvalue weighted by Gasteiger charge is 2.43. The molecule has 0 aromatic heterocycles. The Morgan fingerprint density at radius 1 is 1.32 bits per heavy atom. The lowest BCUT2D eigenvalue weighted by molar-refractivity contribution is -0.150. The Morgan fingerprint density at radius 2 is 1.95 bits per heavy atom. The number of aryl methyl sites for hydroxylation is 1. The number of ether oxygens (including phenoxy) is 1. The molecule has 0 aliphatic heterocycles. The zero-order chi connectivity index (χ0) is 16.2. The van der Waals surface area contributed by atoms with Crippen LogP contribution in [-0.4, -0.2) is 35.7 Å². The predicted octanol–water partition coefficient (Wildman–Crippen LogP) is 2.07. The smallest absolute Gasteiger partial charge is 0.329 e. The van der Waals surface area contributed by atoms with E-state index >= 15 is 0 Å². The molecule has 0 saturated heterocycles. The summed E-state index contributed by atoms with van der Waals surface area (Å²) in [7, 11) is 1.63. The van der Waals surface area contributed by atoms with Gasteiger partial charge in [-0.2, -0.15) is 0 Å². The third-order valence-electron chi connectivity index (χ3n) is 4.52. The molecule has 1 aliphatic carbocycles. The fourth-order valence-electron chi connectivity index (χ4n) is 3.00. The van der Waals surface area contributed by atoms with E-state index in [0.717, 1.165) is 11.1 Å². The molecular weight excluding hydrogens is 282 g/mol. The second-order valence-electron chi connectivity index (χ2n) is 5.97. The number of rotatable bonds is 5. The van der Waals surface area contributed by atoms with Gasteiger partial charge in [-0.15, -0.1) is 0 Å². The highest BCUT2D eigenvalue weighted by molar-refractivity contribution is 5.88. The predicted molar refractivity (Wildman–Crippen MR) is 82.7 cm³/mol. The molecule has 2 N–H and O–H groups in total. The minimum atomic E-state index is -1.16. The van der Waals surface area contributed by atoms with Crippen molar-refractivity contribution in [3.8, 4) is 0 Å². The second kappa shape index (κ2) is 6.92. The molecule has 1 saturated carbocycles. The lowest BCUT2D eigenvalue weighted by atomic mass is 9.80. The summed E-state index contributed by atoms with van der Waals surface area (Å²) in [5.41, 5.74) is 0.797. The van der Waals surface area contributed by atoms with Gasteiger partial charge < -0.3 is 15.2 Å². The van der Waals surface area contributed by atoms with E-state index in [4.69, 9.17) is 4.74 Å². The van der Waals surface area contributed by atoms with Gasteiger partial charge in [-0.05, 0) is 43.7 Å². The molecule has 0 spiro atoms. The molecule has 0 radical (unpaired) electrons. The van der Waals surface area contributed by atoms with Crippen LogP contribution in [0, 0.1) is 6.92 Å². The third-order valence-corrected chi connectivity index (χ3v) is 4.52. The standard InChI is InChI=1S/C17H23NO4/c1-12-5-3-4-6-13(12)11-15(19)18-17(16(20)21)9-7-14(22-2)8-10-17/h3-6,14H,7-11H2,1-2H3,(H,18,19)(H,20,21). The molecule has 1 aromatic carbocycles. The van der Waals surface area contributed by atoms with Crippen LogP contribution in [-0.2, 0) is 20.7 Å². The topological polar surface area (TPSA) is 75.6 Å². The Balaban J connectivity index is 2.04. The largest absolute Gasteiger partial charge is 0.480 e. The molecule has 22 heavy (non-hydrogen) atoms. The van der Waals surface area contributed by atoms with E-state index in [1.807, 2.05) is 31.2 Å². The molecule has 0 atom stereocenters. The Hall–Kier alpha value is -1.88. The molecule has 0 heterocycles. The first-order valence-corrected chi connectivity index (χ1v) is 7.58. The number of carboxylic acids is 1. The van der Waals surface area contributed by atoms with Crippen molar-refractivity contribution in [3.05, 3.63) is 35.4 Å². The number of amides is 1. The first kappa shape index (κ1) is 16.5. The van der Waals surface area contributed by atoms with E-state index in [0.29, 0.717) is 25.7 Å². The SMILES string of the molecule is COC1CCC(NC(=O)Cc2ccccc2C)(C(=O)O)CC1. The van der Waals surface area contributed by atoms with Crippen LogP contribution in [0.5, 0.6) is 0 Å². The molecule has 1 aliphatic rings. The van der Waals surface area contributed by atoms with E-state index < -0.39 is 11.5 Å². The maximum atomic E-state index is 12.3. The average molecular weight is 305 g/mol. The van der Waals surface area contributed by atoms with Crippen LogP contribution >= 0.6 is 0 Å². The summed E-state index contributed by atoms with van der Waals surface area (Å²) < 4.78 is 5.27. The maximum absolute atomic E-state index is 12.3. The summed E-state index contributed by atoms with van der Waals surface area (Å²) in [5.74, 6) is -1.20. The second-order valence-corrected chi connectivity index (χ2v) is 5.97. The van der Waals surface area contributed by atoms with Crippen molar-refractivity contribution in [3.63, 3.8) is 0 Å². The van der Waals surface area contributed by atoms with Crippen molar-refractivity contribution in [2.24, 2.45) is 0 Å². The highest BCUT2D eigenvalue weighted by Crippen LogP contribution is 2.30. The van der Waals surface area contributed by atoms with Gasteiger partial charge >= 0.3 is 5.97 Å². The fraction of sp³-hybridized carbons (Fsp3) is 0.529. The molecule has 5 heteroatoms. The summed E-state index contributed by atoms with van der Waals surface area (Å²) >= 11 is 0. The van der Waals surface area contributed by atoms with Crippen molar-refractivity contribution in [1.82, 2.24) is 5.32 Å². The lowest BCUT2D eigenvalue weighted by Gasteiger charge is -2.37. The number of benzene rings is 1. The van der Waals surface area contributed by atoms with Crippen molar-refractivity contribution in [1.29, 1.82) is 0 Å². The van der Waals surface area contributed by atoms with Gasteiger partial charge in [0.1, 0.15) is 5.54 Å². The zero-order valence-corrected chi connectivity index (χ0v) is 13.1. The van der Waals surface area contributed by atoms with E-state index in [-0.39, 0.29) is 18.4 Å². The van der Waals surface area contributed by atoms with Gasteiger partial charge in [0.2, 0.25) is 5.91 Å². The molecular formula is C17H23NO4. The molecule has 1 aromatic rings. The van der Waals surface area contributed by atoms with Gasteiger partial charge in [0, 0.05) is 7.11 Å². The van der Waals surface area contributed by atoms with Crippen LogP contribution in [0.25, 0.3) is 0 Å². The van der Waals surface area contributed by atoms with E-state index in [1.54, 1.807) is 7.11 Å². The summed E-state index contributed by atoms with van der Waals surface area (Å²) in [4.78, 5) is 24.0. The highest BCUT2D eigenvalue weighted by atomic mass is 16.5. The third kappa shape index (κ3) is 3.65. The summed E-state index contributed by atoms with van der Waals surface area (Å²) in [6.07, 6.45) is 2.39. The van der Waals surface area contributed by atoms with Gasteiger partial charge in [0.15, 0.2) is 0 Å². The molecule has 5 nitrogen and oxygen atoms in total. The Morgan fingerprint density at radius 3 is 2.50 bits per heavy atom. The first-order chi connectivity index (χ1) is 10.5. The van der Waals surface area contributed by atoms with E-state index in [9.17, 15) is 14.7 Å². The van der Waals surface area contributed by atoms with Crippen molar-refractivity contribution in [2.45, 2.75) is 50.7 Å². The number of carbonyl (C=O) groups excluding carboxylic acids is 1. The number of hydrogen-bond donors (Lipinski definition) is 2. The van der Waals surface area contributed by atoms with Crippen molar-refractivity contribution >= 4 is 11.9 Å². The van der Waals surface area contributed by atoms with Crippen molar-refractivity contribution < 1.29 is 19.4 Å². The molecule has 1 amide bonds. The minimum Gasteiger partial charge on any atom is -0.480 e. The van der Waals surface area contributed by atoms with Crippen LogP contribution < -0.4 is 5.32 Å². The Bertz CT molecular complexity index is 547. The number of aliphatic carboxylic acids is 1. The van der Waals surface area contributed by atoms with Crippen LogP contribution in [0.3, 0.4) is 0 Å². The fourth-order valence-corrected chi connectivity index (χ4v) is 3.00. The van der Waals surface area contributed by atoms with Crippen LogP contribution in [0.2, 0.25) is 0 Å². The van der Waals surface area contributed by atoms with Crippen LogP contribution in [0.15, 0.2) is 24.3 Å². The number of hydrogen-bond acceptors (Lipinski definition) is 3. The van der Waals surface area contributed by atoms with Gasteiger partial charge in [-0.1, -0.05) is 24.3 Å². The molecule has 1 fully saturated rings. The first-order valence-electron chi connectivity index (χ1n) is 7.58. The number of carbonyl (C=O) groups is 2. The van der Waals surface area contributed by atoms with Gasteiger partial charge in [0.25, 0.3) is 0 Å². The Labute approximate surface area is 130 Å². The van der Waals surface area contributed by atoms with E-state index in [1.165, 1.54) is 0 Å². The van der Waals surface area contributed by atoms with E-state index in [2.05, 4.69) is 5.32 Å². The Kier molecular flexibility index (Phi) is 5.19. The molecule has 120 valence electrons. The number of carboxylic acid groups (broad SMARTS) is 1. The number of methoxy groups -OCH3 is 1. The maximum Gasteiger partial charge on any atom is 0.329 e. The average Bonchev–Trinajstić information content (AvgIpc) is 2.50. The quantitative estimate of drug-likeness (QED) is 0.873. The number of nitrogens with one attached hydrogen (secondary N) is 1. The van der Waals surface area contributed by atoms with Crippen LogP contribution in [0.1, 0.15) is 36.8 Å². The van der Waals surface area contributed by atoms with Crippen molar-refractivity contribution in [2.75, 3.05) is 7.11 Å². The normalized spacial score (nSPS) is 24.7. The summed E-state index contributed by atoms with van der Waals surface area (Å²) in [6.45, 7) is 1.94. The van der Waals surface area contributed by atoms with Gasteiger partial charge in [-0.3, -0.25) is 4.79 Å². The monoisotopic (exact) mass is 305 g/mol. The molecule has 0 unspecified atom stereocenters. The van der Waals surface area contributed by atoms with Crippen LogP contribution in [0.4, 0.5) is 0 Å².